The Morgan fingerprint density at radius 1 is 1.32 bits per heavy atom. The van der Waals surface area contributed by atoms with Crippen molar-refractivity contribution in [1.82, 2.24) is 20.2 Å². The number of benzene rings is 1. The van der Waals surface area contributed by atoms with Gasteiger partial charge in [0.1, 0.15) is 11.8 Å². The molecule has 25 heavy (non-hydrogen) atoms. The summed E-state index contributed by atoms with van der Waals surface area (Å²) in [5.41, 5.74) is 0.756. The lowest BCUT2D eigenvalue weighted by atomic mass is 10.2. The first-order chi connectivity index (χ1) is 11.8. The molecule has 1 atom stereocenters. The number of sulfonamides is 1. The fraction of sp³-hybridized carbons (Fsp3) is 0.400. The molecular weight excluding hydrogens is 348 g/mol. The van der Waals surface area contributed by atoms with Gasteiger partial charge in [0, 0.05) is 18.5 Å². The minimum absolute atomic E-state index is 0.0108. The number of carbonyl (C=O) groups is 1. The minimum atomic E-state index is -3.31. The number of hydrogen-bond acceptors (Lipinski definition) is 7. The van der Waals surface area contributed by atoms with E-state index in [0.717, 1.165) is 17.6 Å². The fourth-order valence-electron chi connectivity index (χ4n) is 1.99. The summed E-state index contributed by atoms with van der Waals surface area (Å²) in [7, 11) is -1.73. The van der Waals surface area contributed by atoms with Gasteiger partial charge in [-0.1, -0.05) is 5.16 Å². The van der Waals surface area contributed by atoms with Crippen molar-refractivity contribution in [3.8, 4) is 17.1 Å². The molecule has 1 aromatic carbocycles. The zero-order valence-corrected chi connectivity index (χ0v) is 15.0. The van der Waals surface area contributed by atoms with Gasteiger partial charge in [0.25, 0.3) is 0 Å². The second kappa shape index (κ2) is 8.08. The van der Waals surface area contributed by atoms with Crippen molar-refractivity contribution >= 4 is 15.9 Å². The molecule has 0 saturated carbocycles. The van der Waals surface area contributed by atoms with Crippen LogP contribution in [0.1, 0.15) is 25.3 Å². The average molecular weight is 368 g/mol. The van der Waals surface area contributed by atoms with E-state index in [9.17, 15) is 13.2 Å². The molecule has 2 rings (SSSR count). The predicted molar refractivity (Wildman–Crippen MR) is 90.3 cm³/mol. The average Bonchev–Trinajstić information content (AvgIpc) is 3.03. The lowest BCUT2D eigenvalue weighted by Crippen LogP contribution is -2.31. The number of ether oxygens (including phenoxy) is 1. The van der Waals surface area contributed by atoms with Crippen molar-refractivity contribution < 1.29 is 22.5 Å². The second-order valence-corrected chi connectivity index (χ2v) is 7.22. The molecule has 9 nitrogen and oxygen atoms in total. The summed E-state index contributed by atoms with van der Waals surface area (Å²) in [5, 5.41) is 6.57. The Balaban J connectivity index is 1.93. The van der Waals surface area contributed by atoms with Crippen LogP contribution in [0.3, 0.4) is 0 Å². The zero-order chi connectivity index (χ0) is 18.4. The molecule has 1 aromatic heterocycles. The number of carbonyl (C=O) groups excluding carboxylic acids is 1. The van der Waals surface area contributed by atoms with Gasteiger partial charge in [-0.2, -0.15) is 4.98 Å². The smallest absolute Gasteiger partial charge is 0.249 e. The molecule has 136 valence electrons. The van der Waals surface area contributed by atoms with Gasteiger partial charge in [-0.3, -0.25) is 4.79 Å². The molecule has 0 aliphatic rings. The van der Waals surface area contributed by atoms with E-state index < -0.39 is 16.1 Å². The zero-order valence-electron chi connectivity index (χ0n) is 14.1. The van der Waals surface area contributed by atoms with Crippen LogP contribution in [0.2, 0.25) is 0 Å². The number of nitrogens with one attached hydrogen (secondary N) is 2. The van der Waals surface area contributed by atoms with E-state index in [4.69, 9.17) is 9.26 Å². The quantitative estimate of drug-likeness (QED) is 0.708. The first-order valence-corrected chi connectivity index (χ1v) is 9.39. The van der Waals surface area contributed by atoms with Gasteiger partial charge in [0.15, 0.2) is 0 Å². The molecule has 0 bridgehead atoms. The summed E-state index contributed by atoms with van der Waals surface area (Å²) in [6.45, 7) is 1.73. The van der Waals surface area contributed by atoms with Crippen LogP contribution in [-0.2, 0) is 14.8 Å². The molecule has 0 aliphatic heterocycles. The predicted octanol–water partition coefficient (Wildman–Crippen LogP) is 0.862. The molecule has 0 saturated heterocycles. The lowest BCUT2D eigenvalue weighted by Gasteiger charge is -2.09. The summed E-state index contributed by atoms with van der Waals surface area (Å²) in [6.07, 6.45) is 1.05. The van der Waals surface area contributed by atoms with E-state index in [1.165, 1.54) is 0 Å². The maximum Gasteiger partial charge on any atom is 0.249 e. The molecule has 0 radical (unpaired) electrons. The van der Waals surface area contributed by atoms with Crippen LogP contribution >= 0.6 is 0 Å². The van der Waals surface area contributed by atoms with Gasteiger partial charge in [0.2, 0.25) is 27.6 Å². The lowest BCUT2D eigenvalue weighted by molar-refractivity contribution is -0.121. The third-order valence-electron chi connectivity index (χ3n) is 3.25. The summed E-state index contributed by atoms with van der Waals surface area (Å²) >= 11 is 0. The minimum Gasteiger partial charge on any atom is -0.497 e. The van der Waals surface area contributed by atoms with Crippen LogP contribution in [0.25, 0.3) is 11.4 Å². The van der Waals surface area contributed by atoms with Crippen molar-refractivity contribution in [3.63, 3.8) is 0 Å². The first-order valence-electron chi connectivity index (χ1n) is 7.50. The van der Waals surface area contributed by atoms with Crippen molar-refractivity contribution in [2.75, 3.05) is 19.9 Å². The molecule has 1 heterocycles. The number of methoxy groups -OCH3 is 1. The Morgan fingerprint density at radius 2 is 2.00 bits per heavy atom. The molecule has 10 heteroatoms. The van der Waals surface area contributed by atoms with Gasteiger partial charge in [-0.15, -0.1) is 0 Å². The van der Waals surface area contributed by atoms with Crippen molar-refractivity contribution in [2.24, 2.45) is 0 Å². The molecule has 1 amide bonds. The van der Waals surface area contributed by atoms with Crippen molar-refractivity contribution in [2.45, 2.75) is 19.4 Å². The van der Waals surface area contributed by atoms with Crippen LogP contribution in [0, 0.1) is 0 Å². The molecular formula is C15H20N4O5S. The third-order valence-corrected chi connectivity index (χ3v) is 3.98. The van der Waals surface area contributed by atoms with E-state index in [1.54, 1.807) is 38.3 Å². The molecule has 0 fully saturated rings. The fourth-order valence-corrected chi connectivity index (χ4v) is 2.47. The molecule has 0 aliphatic carbocycles. The van der Waals surface area contributed by atoms with E-state index in [0.29, 0.717) is 5.82 Å². The highest BCUT2D eigenvalue weighted by Gasteiger charge is 2.17. The van der Waals surface area contributed by atoms with Crippen LogP contribution in [0.5, 0.6) is 5.75 Å². The normalized spacial score (nSPS) is 12.6. The topological polar surface area (TPSA) is 123 Å². The highest BCUT2D eigenvalue weighted by atomic mass is 32.2. The largest absolute Gasteiger partial charge is 0.497 e. The Labute approximate surface area is 145 Å². The monoisotopic (exact) mass is 368 g/mol. The first kappa shape index (κ1) is 18.9. The number of rotatable bonds is 8. The summed E-state index contributed by atoms with van der Waals surface area (Å²) in [6, 6.07) is 6.67. The van der Waals surface area contributed by atoms with E-state index in [1.807, 2.05) is 0 Å². The van der Waals surface area contributed by atoms with E-state index >= 15 is 0 Å². The van der Waals surface area contributed by atoms with Gasteiger partial charge < -0.3 is 14.6 Å². The van der Waals surface area contributed by atoms with Gasteiger partial charge in [0.05, 0.1) is 13.4 Å². The number of hydrogen-bond donors (Lipinski definition) is 2. The Morgan fingerprint density at radius 3 is 2.60 bits per heavy atom. The SMILES string of the molecule is COc1ccc(-c2noc([C@H](C)NC(=O)CCNS(C)(=O)=O)n2)cc1. The Hall–Kier alpha value is -2.46. The molecule has 2 aromatic rings. The standard InChI is InChI=1S/C15H20N4O5S/c1-10(17-13(20)8-9-16-25(3,21)22)15-18-14(19-24-15)11-4-6-12(23-2)7-5-11/h4-7,10,16H,8-9H2,1-3H3,(H,17,20)/t10-/m0/s1. The van der Waals surface area contributed by atoms with Crippen LogP contribution in [-0.4, -0.2) is 44.4 Å². The van der Waals surface area contributed by atoms with Crippen LogP contribution < -0.4 is 14.8 Å². The summed E-state index contributed by atoms with van der Waals surface area (Å²) in [4.78, 5) is 16.1. The molecule has 0 spiro atoms. The maximum absolute atomic E-state index is 11.8. The van der Waals surface area contributed by atoms with Gasteiger partial charge >= 0.3 is 0 Å². The van der Waals surface area contributed by atoms with Gasteiger partial charge in [-0.05, 0) is 31.2 Å². The number of aromatic nitrogens is 2. The summed E-state index contributed by atoms with van der Waals surface area (Å²) in [5.74, 6) is 1.05. The van der Waals surface area contributed by atoms with Crippen molar-refractivity contribution in [1.29, 1.82) is 0 Å². The summed E-state index contributed by atoms with van der Waals surface area (Å²) < 4.78 is 34.4. The van der Waals surface area contributed by atoms with Crippen molar-refractivity contribution in [3.05, 3.63) is 30.2 Å². The Bertz CT molecular complexity index is 817. The highest BCUT2D eigenvalue weighted by Crippen LogP contribution is 2.21. The molecule has 2 N–H and O–H groups in total. The number of amides is 1. The van der Waals surface area contributed by atoms with E-state index in [2.05, 4.69) is 20.2 Å². The third kappa shape index (κ3) is 5.84. The van der Waals surface area contributed by atoms with Gasteiger partial charge in [-0.25, -0.2) is 13.1 Å². The number of nitrogens with zero attached hydrogens (tertiary/aromatic N) is 2. The molecule has 0 unspecified atom stereocenters. The highest BCUT2D eigenvalue weighted by molar-refractivity contribution is 7.88. The Kier molecular flexibility index (Phi) is 6.10. The van der Waals surface area contributed by atoms with Crippen LogP contribution in [0.15, 0.2) is 28.8 Å². The van der Waals surface area contributed by atoms with Crippen LogP contribution in [0.4, 0.5) is 0 Å². The second-order valence-electron chi connectivity index (χ2n) is 5.39. The van der Waals surface area contributed by atoms with E-state index in [-0.39, 0.29) is 24.8 Å². The maximum atomic E-state index is 11.8.